The van der Waals surface area contributed by atoms with Gasteiger partial charge in [-0.3, -0.25) is 9.59 Å². The topological polar surface area (TPSA) is 92.5 Å². The van der Waals surface area contributed by atoms with E-state index in [0.29, 0.717) is 25.3 Å². The van der Waals surface area contributed by atoms with Crippen LogP contribution in [0.2, 0.25) is 0 Å². The van der Waals surface area contributed by atoms with Crippen molar-refractivity contribution in [2.75, 3.05) is 19.6 Å². The van der Waals surface area contributed by atoms with Gasteiger partial charge >= 0.3 is 0 Å². The van der Waals surface area contributed by atoms with Crippen LogP contribution in [0.25, 0.3) is 5.65 Å². The van der Waals surface area contributed by atoms with Crippen LogP contribution in [0.5, 0.6) is 0 Å². The zero-order valence-corrected chi connectivity index (χ0v) is 15.3. The highest BCUT2D eigenvalue weighted by Crippen LogP contribution is 2.39. The molecule has 0 radical (unpaired) electrons. The van der Waals surface area contributed by atoms with E-state index in [1.807, 2.05) is 15.5 Å². The summed E-state index contributed by atoms with van der Waals surface area (Å²) in [5.41, 5.74) is 1.93. The summed E-state index contributed by atoms with van der Waals surface area (Å²) in [6.07, 6.45) is 5.30. The van der Waals surface area contributed by atoms with Crippen molar-refractivity contribution in [2.24, 2.45) is 5.92 Å². The zero-order chi connectivity index (χ0) is 18.4. The fourth-order valence-corrected chi connectivity index (χ4v) is 4.23. The lowest BCUT2D eigenvalue weighted by atomic mass is 9.93. The monoisotopic (exact) mass is 368 g/mol. The first kappa shape index (κ1) is 16.6. The number of aromatic nitrogens is 4. The van der Waals surface area contributed by atoms with E-state index in [9.17, 15) is 9.59 Å². The van der Waals surface area contributed by atoms with Crippen molar-refractivity contribution in [3.63, 3.8) is 0 Å². The molecule has 1 atom stereocenters. The van der Waals surface area contributed by atoms with Gasteiger partial charge in [0.15, 0.2) is 11.5 Å². The van der Waals surface area contributed by atoms with Crippen molar-refractivity contribution in [3.8, 4) is 0 Å². The molecule has 1 unspecified atom stereocenters. The molecule has 2 aromatic rings. The predicted molar refractivity (Wildman–Crippen MR) is 97.0 cm³/mol. The third kappa shape index (κ3) is 3.17. The predicted octanol–water partition coefficient (Wildman–Crippen LogP) is 1.23. The minimum absolute atomic E-state index is 0.0505. The number of nitrogens with one attached hydrogen (secondary N) is 1. The summed E-state index contributed by atoms with van der Waals surface area (Å²) in [7, 11) is 0. The molecule has 1 saturated carbocycles. The number of rotatable bonds is 3. The Labute approximate surface area is 157 Å². The molecule has 3 aliphatic rings. The molecule has 2 amide bonds. The quantitative estimate of drug-likeness (QED) is 0.880. The Morgan fingerprint density at radius 2 is 1.85 bits per heavy atom. The SMILES string of the molecule is O=C1CCC(C(=O)N2CCC(c3nnc4ccc(C5CC5)nn34)CC2)CN1. The Hall–Kier alpha value is -2.51. The average molecular weight is 368 g/mol. The zero-order valence-electron chi connectivity index (χ0n) is 15.3. The van der Waals surface area contributed by atoms with Crippen LogP contribution in [0.1, 0.15) is 61.9 Å². The van der Waals surface area contributed by atoms with Crippen molar-refractivity contribution in [1.29, 1.82) is 0 Å². The Morgan fingerprint density at radius 1 is 1.04 bits per heavy atom. The van der Waals surface area contributed by atoms with E-state index in [-0.39, 0.29) is 23.7 Å². The number of fused-ring (bicyclic) bond motifs is 1. The van der Waals surface area contributed by atoms with E-state index in [0.717, 1.165) is 43.1 Å². The van der Waals surface area contributed by atoms with Gasteiger partial charge in [-0.15, -0.1) is 10.2 Å². The van der Waals surface area contributed by atoms with Crippen LogP contribution in [-0.4, -0.2) is 56.2 Å². The lowest BCUT2D eigenvalue weighted by Crippen LogP contribution is -2.47. The standard InChI is InChI=1S/C19H24N6O2/c26-17-6-3-14(11-20-17)19(27)24-9-7-13(8-10-24)18-22-21-16-5-4-15(12-1-2-12)23-25(16)18/h4-5,12-14H,1-3,6-11H2,(H,20,26). The highest BCUT2D eigenvalue weighted by molar-refractivity contribution is 5.83. The summed E-state index contributed by atoms with van der Waals surface area (Å²) in [6, 6.07) is 4.07. The second kappa shape index (κ2) is 6.58. The van der Waals surface area contributed by atoms with Gasteiger partial charge in [0.1, 0.15) is 0 Å². The van der Waals surface area contributed by atoms with Gasteiger partial charge in [0.05, 0.1) is 11.6 Å². The molecule has 0 aromatic carbocycles. The molecule has 8 nitrogen and oxygen atoms in total. The highest BCUT2D eigenvalue weighted by atomic mass is 16.2. The van der Waals surface area contributed by atoms with Crippen LogP contribution in [0.4, 0.5) is 0 Å². The van der Waals surface area contributed by atoms with E-state index >= 15 is 0 Å². The number of likely N-dealkylation sites (tertiary alicyclic amines) is 1. The number of hydrogen-bond acceptors (Lipinski definition) is 5. The molecule has 1 aliphatic carbocycles. The molecule has 0 bridgehead atoms. The van der Waals surface area contributed by atoms with Gasteiger partial charge in [-0.1, -0.05) is 0 Å². The minimum Gasteiger partial charge on any atom is -0.355 e. The van der Waals surface area contributed by atoms with Gasteiger partial charge in [0, 0.05) is 37.9 Å². The van der Waals surface area contributed by atoms with E-state index < -0.39 is 0 Å². The lowest BCUT2D eigenvalue weighted by molar-refractivity contribution is -0.138. The van der Waals surface area contributed by atoms with E-state index in [4.69, 9.17) is 5.10 Å². The summed E-state index contributed by atoms with van der Waals surface area (Å²) in [5.74, 6) is 1.95. The molecule has 2 aliphatic heterocycles. The van der Waals surface area contributed by atoms with Crippen molar-refractivity contribution in [3.05, 3.63) is 23.7 Å². The van der Waals surface area contributed by atoms with Crippen LogP contribution < -0.4 is 5.32 Å². The number of amides is 2. The maximum Gasteiger partial charge on any atom is 0.227 e. The number of carbonyl (C=O) groups excluding carboxylic acids is 2. The van der Waals surface area contributed by atoms with Gasteiger partial charge in [0.25, 0.3) is 0 Å². The molecule has 4 heterocycles. The van der Waals surface area contributed by atoms with Crippen LogP contribution in [-0.2, 0) is 9.59 Å². The van der Waals surface area contributed by atoms with Crippen molar-refractivity contribution >= 4 is 17.5 Å². The Morgan fingerprint density at radius 3 is 2.56 bits per heavy atom. The van der Waals surface area contributed by atoms with Crippen LogP contribution in [0.15, 0.2) is 12.1 Å². The fraction of sp³-hybridized carbons (Fsp3) is 0.632. The van der Waals surface area contributed by atoms with E-state index in [1.165, 1.54) is 12.8 Å². The molecule has 2 aromatic heterocycles. The summed E-state index contributed by atoms with van der Waals surface area (Å²) in [6.45, 7) is 1.93. The number of piperidine rings is 2. The fourth-order valence-electron chi connectivity index (χ4n) is 4.23. The van der Waals surface area contributed by atoms with Crippen LogP contribution in [0.3, 0.4) is 0 Å². The highest BCUT2D eigenvalue weighted by Gasteiger charge is 2.33. The van der Waals surface area contributed by atoms with Crippen molar-refractivity contribution < 1.29 is 9.59 Å². The first-order valence-electron chi connectivity index (χ1n) is 9.97. The maximum atomic E-state index is 12.7. The van der Waals surface area contributed by atoms with Gasteiger partial charge in [-0.25, -0.2) is 0 Å². The minimum atomic E-state index is -0.0732. The van der Waals surface area contributed by atoms with Crippen LogP contribution in [0, 0.1) is 5.92 Å². The summed E-state index contributed by atoms with van der Waals surface area (Å²) < 4.78 is 1.91. The van der Waals surface area contributed by atoms with Crippen molar-refractivity contribution in [2.45, 2.75) is 50.4 Å². The molecule has 2 saturated heterocycles. The summed E-state index contributed by atoms with van der Waals surface area (Å²) in [4.78, 5) is 26.0. The first-order chi connectivity index (χ1) is 13.2. The smallest absolute Gasteiger partial charge is 0.227 e. The van der Waals surface area contributed by atoms with Gasteiger partial charge < -0.3 is 10.2 Å². The molecule has 27 heavy (non-hydrogen) atoms. The third-order valence-electron chi connectivity index (χ3n) is 6.09. The number of nitrogens with zero attached hydrogens (tertiary/aromatic N) is 5. The molecule has 3 fully saturated rings. The molecule has 5 rings (SSSR count). The third-order valence-corrected chi connectivity index (χ3v) is 6.09. The summed E-state index contributed by atoms with van der Waals surface area (Å²) in [5, 5.41) is 16.3. The lowest BCUT2D eigenvalue weighted by Gasteiger charge is -2.34. The van der Waals surface area contributed by atoms with Crippen molar-refractivity contribution in [1.82, 2.24) is 30.0 Å². The Balaban J connectivity index is 1.26. The van der Waals surface area contributed by atoms with Gasteiger partial charge in [-0.05, 0) is 44.2 Å². The van der Waals surface area contributed by atoms with Gasteiger partial charge in [0.2, 0.25) is 11.8 Å². The maximum absolute atomic E-state index is 12.7. The van der Waals surface area contributed by atoms with E-state index in [2.05, 4.69) is 21.6 Å². The normalized spacial score (nSPS) is 24.2. The Bertz CT molecular complexity index is 871. The molecule has 0 spiro atoms. The summed E-state index contributed by atoms with van der Waals surface area (Å²) >= 11 is 0. The average Bonchev–Trinajstić information content (AvgIpc) is 3.47. The largest absolute Gasteiger partial charge is 0.355 e. The second-order valence-corrected chi connectivity index (χ2v) is 8.00. The molecular formula is C19H24N6O2. The first-order valence-corrected chi connectivity index (χ1v) is 9.97. The van der Waals surface area contributed by atoms with E-state index in [1.54, 1.807) is 0 Å². The number of hydrogen-bond donors (Lipinski definition) is 1. The van der Waals surface area contributed by atoms with Crippen LogP contribution >= 0.6 is 0 Å². The van der Waals surface area contributed by atoms with Gasteiger partial charge in [-0.2, -0.15) is 9.61 Å². The Kier molecular flexibility index (Phi) is 4.06. The molecule has 8 heteroatoms. The molecular weight excluding hydrogens is 344 g/mol. The molecule has 142 valence electrons. The molecule has 1 N–H and O–H groups in total. The number of carbonyl (C=O) groups is 2. The second-order valence-electron chi connectivity index (χ2n) is 8.00.